The molecule has 4 nitrogen and oxygen atoms in total. The highest BCUT2D eigenvalue weighted by Gasteiger charge is 2.11. The molecule has 1 amide bonds. The maximum Gasteiger partial charge on any atom is 0.251 e. The normalized spacial score (nSPS) is 11.3. The Labute approximate surface area is 128 Å². The van der Waals surface area contributed by atoms with Crippen LogP contribution in [0.5, 0.6) is 0 Å². The Morgan fingerprint density at radius 3 is 2.86 bits per heavy atom. The summed E-state index contributed by atoms with van der Waals surface area (Å²) in [4.78, 5) is 16.2. The molecule has 1 heterocycles. The van der Waals surface area contributed by atoms with Crippen LogP contribution in [0.3, 0.4) is 0 Å². The molecule has 0 saturated heterocycles. The summed E-state index contributed by atoms with van der Waals surface area (Å²) in [7, 11) is 0. The summed E-state index contributed by atoms with van der Waals surface area (Å²) in [6.07, 6.45) is 4.75. The van der Waals surface area contributed by atoms with Crippen LogP contribution in [0.2, 0.25) is 5.02 Å². The number of oxazole rings is 1. The van der Waals surface area contributed by atoms with Gasteiger partial charge in [-0.15, -0.1) is 0 Å². The summed E-state index contributed by atoms with van der Waals surface area (Å²) in [6, 6.07) is 5.21. The fourth-order valence-electron chi connectivity index (χ4n) is 1.77. The largest absolute Gasteiger partial charge is 0.449 e. The topological polar surface area (TPSA) is 55.1 Å². The predicted molar refractivity (Wildman–Crippen MR) is 84.3 cm³/mol. The summed E-state index contributed by atoms with van der Waals surface area (Å²) in [5.74, 6) is 0.361. The molecule has 0 fully saturated rings. The maximum absolute atomic E-state index is 11.9. The van der Waals surface area contributed by atoms with Crippen LogP contribution in [-0.4, -0.2) is 10.9 Å². The van der Waals surface area contributed by atoms with Gasteiger partial charge >= 0.3 is 0 Å². The lowest BCUT2D eigenvalue weighted by atomic mass is 10.1. The smallest absolute Gasteiger partial charge is 0.251 e. The van der Waals surface area contributed by atoms with Gasteiger partial charge in [-0.3, -0.25) is 4.79 Å². The minimum atomic E-state index is -0.195. The minimum Gasteiger partial charge on any atom is -0.449 e. The molecule has 1 aromatic heterocycles. The van der Waals surface area contributed by atoms with E-state index >= 15 is 0 Å². The van der Waals surface area contributed by atoms with Gasteiger partial charge < -0.3 is 9.73 Å². The number of carbonyl (C=O) groups excluding carboxylic acids is 1. The number of aromatic nitrogens is 1. The van der Waals surface area contributed by atoms with E-state index in [4.69, 9.17) is 16.0 Å². The predicted octanol–water partition coefficient (Wildman–Crippen LogP) is 4.37. The van der Waals surface area contributed by atoms with E-state index in [1.807, 2.05) is 0 Å². The van der Waals surface area contributed by atoms with Crippen LogP contribution in [0.1, 0.15) is 12.8 Å². The molecule has 0 saturated carbocycles. The Morgan fingerprint density at radius 2 is 2.24 bits per heavy atom. The molecular formula is C16H15ClN2O2. The highest BCUT2D eigenvalue weighted by molar-refractivity contribution is 6.33. The quantitative estimate of drug-likeness (QED) is 0.674. The number of hydrogen-bond donors (Lipinski definition) is 1. The fraction of sp³-hybridized carbons (Fsp3) is 0.125. The molecule has 0 unspecified atom stereocenters. The van der Waals surface area contributed by atoms with Crippen molar-refractivity contribution in [3.05, 3.63) is 59.7 Å². The van der Waals surface area contributed by atoms with Gasteiger partial charge in [0.1, 0.15) is 12.0 Å². The van der Waals surface area contributed by atoms with Crippen molar-refractivity contribution in [3.63, 3.8) is 0 Å². The van der Waals surface area contributed by atoms with E-state index in [0.29, 0.717) is 33.4 Å². The van der Waals surface area contributed by atoms with Crippen LogP contribution in [-0.2, 0) is 4.79 Å². The molecule has 1 N–H and O–H groups in total. The lowest BCUT2D eigenvalue weighted by Gasteiger charge is -2.08. The third-order valence-electron chi connectivity index (χ3n) is 2.85. The van der Waals surface area contributed by atoms with Crippen molar-refractivity contribution in [2.45, 2.75) is 13.8 Å². The van der Waals surface area contributed by atoms with Gasteiger partial charge in [0.15, 0.2) is 5.89 Å². The fourth-order valence-corrected chi connectivity index (χ4v) is 1.98. The summed E-state index contributed by atoms with van der Waals surface area (Å²) in [5.41, 5.74) is 2.54. The van der Waals surface area contributed by atoms with Crippen LogP contribution in [0, 0.1) is 6.92 Å². The monoisotopic (exact) mass is 302 g/mol. The van der Waals surface area contributed by atoms with E-state index in [9.17, 15) is 4.79 Å². The molecule has 2 rings (SSSR count). The van der Waals surface area contributed by atoms with Crippen LogP contribution >= 0.6 is 11.6 Å². The van der Waals surface area contributed by atoms with Gasteiger partial charge in [-0.05, 0) is 25.1 Å². The molecule has 2 aromatic rings. The highest BCUT2D eigenvalue weighted by Crippen LogP contribution is 2.30. The SMILES string of the molecule is C=C/C=C(\C)C(=O)Nc1ccc(Cl)c(-c2coc(C)n2)c1. The van der Waals surface area contributed by atoms with Crippen LogP contribution in [0.15, 0.2) is 53.2 Å². The van der Waals surface area contributed by atoms with Gasteiger partial charge in [0.05, 0.1) is 5.02 Å². The van der Waals surface area contributed by atoms with E-state index in [0.717, 1.165) is 0 Å². The average molecular weight is 303 g/mol. The number of benzene rings is 1. The Hall–Kier alpha value is -2.33. The number of anilines is 1. The lowest BCUT2D eigenvalue weighted by Crippen LogP contribution is -2.12. The Morgan fingerprint density at radius 1 is 1.48 bits per heavy atom. The number of rotatable bonds is 4. The number of halogens is 1. The zero-order valence-corrected chi connectivity index (χ0v) is 12.6. The molecule has 0 atom stereocenters. The Balaban J connectivity index is 2.29. The van der Waals surface area contributed by atoms with Crippen LogP contribution < -0.4 is 5.32 Å². The summed E-state index contributed by atoms with van der Waals surface area (Å²) in [5, 5.41) is 3.34. The van der Waals surface area contributed by atoms with Crippen molar-refractivity contribution < 1.29 is 9.21 Å². The average Bonchev–Trinajstić information content (AvgIpc) is 2.87. The molecule has 21 heavy (non-hydrogen) atoms. The zero-order chi connectivity index (χ0) is 15.4. The number of nitrogens with one attached hydrogen (secondary N) is 1. The molecule has 0 spiro atoms. The summed E-state index contributed by atoms with van der Waals surface area (Å²) in [6.45, 7) is 7.04. The van der Waals surface area contributed by atoms with Crippen molar-refractivity contribution in [1.29, 1.82) is 0 Å². The molecule has 108 valence electrons. The second-order valence-electron chi connectivity index (χ2n) is 4.49. The van der Waals surface area contributed by atoms with Crippen molar-refractivity contribution >= 4 is 23.2 Å². The summed E-state index contributed by atoms with van der Waals surface area (Å²) < 4.78 is 5.19. The highest BCUT2D eigenvalue weighted by atomic mass is 35.5. The molecule has 1 aromatic carbocycles. The van der Waals surface area contributed by atoms with Gasteiger partial charge in [0.2, 0.25) is 0 Å². The lowest BCUT2D eigenvalue weighted by molar-refractivity contribution is -0.112. The Kier molecular flexibility index (Phi) is 4.60. The molecule has 5 heteroatoms. The first-order chi connectivity index (χ1) is 10.0. The third-order valence-corrected chi connectivity index (χ3v) is 3.17. The Bertz CT molecular complexity index is 717. The standard InChI is InChI=1S/C16H15ClN2O2/c1-4-5-10(2)16(20)19-12-6-7-14(17)13(8-12)15-9-21-11(3)18-15/h4-9H,1H2,2-3H3,(H,19,20)/b10-5+. The van der Waals surface area contributed by atoms with Crippen LogP contribution in [0.25, 0.3) is 11.3 Å². The first-order valence-electron chi connectivity index (χ1n) is 6.34. The van der Waals surface area contributed by atoms with Crippen molar-refractivity contribution in [2.75, 3.05) is 5.32 Å². The first kappa shape index (κ1) is 15.1. The molecule has 0 bridgehead atoms. The zero-order valence-electron chi connectivity index (χ0n) is 11.8. The molecule has 0 aliphatic heterocycles. The first-order valence-corrected chi connectivity index (χ1v) is 6.72. The second kappa shape index (κ2) is 6.41. The van der Waals surface area contributed by atoms with Gasteiger partial charge in [-0.2, -0.15) is 0 Å². The second-order valence-corrected chi connectivity index (χ2v) is 4.89. The molecule has 0 radical (unpaired) electrons. The molecular weight excluding hydrogens is 288 g/mol. The van der Waals surface area contributed by atoms with Crippen molar-refractivity contribution in [3.8, 4) is 11.3 Å². The number of allylic oxidation sites excluding steroid dienone is 2. The van der Waals surface area contributed by atoms with Crippen molar-refractivity contribution in [2.24, 2.45) is 0 Å². The van der Waals surface area contributed by atoms with E-state index in [2.05, 4.69) is 16.9 Å². The van der Waals surface area contributed by atoms with E-state index in [1.54, 1.807) is 44.2 Å². The van der Waals surface area contributed by atoms with E-state index in [-0.39, 0.29) is 5.91 Å². The third kappa shape index (κ3) is 3.61. The van der Waals surface area contributed by atoms with Gasteiger partial charge in [-0.1, -0.05) is 30.3 Å². The van der Waals surface area contributed by atoms with Gasteiger partial charge in [0.25, 0.3) is 5.91 Å². The summed E-state index contributed by atoms with van der Waals surface area (Å²) >= 11 is 6.17. The molecule has 0 aliphatic rings. The van der Waals surface area contributed by atoms with E-state index < -0.39 is 0 Å². The van der Waals surface area contributed by atoms with Crippen LogP contribution in [0.4, 0.5) is 5.69 Å². The number of amides is 1. The number of hydrogen-bond acceptors (Lipinski definition) is 3. The van der Waals surface area contributed by atoms with Gasteiger partial charge in [-0.25, -0.2) is 4.98 Å². The number of carbonyl (C=O) groups is 1. The maximum atomic E-state index is 11.9. The van der Waals surface area contributed by atoms with Crippen molar-refractivity contribution in [1.82, 2.24) is 4.98 Å². The molecule has 0 aliphatic carbocycles. The number of nitrogens with zero attached hydrogens (tertiary/aromatic N) is 1. The van der Waals surface area contributed by atoms with E-state index in [1.165, 1.54) is 6.26 Å². The number of aryl methyl sites for hydroxylation is 1. The van der Waals surface area contributed by atoms with Gasteiger partial charge in [0, 0.05) is 23.7 Å². The minimum absolute atomic E-state index is 0.195.